The fourth-order valence-electron chi connectivity index (χ4n) is 4.03. The van der Waals surface area contributed by atoms with Gasteiger partial charge in [0.1, 0.15) is 12.0 Å². The van der Waals surface area contributed by atoms with Crippen LogP contribution in [0.1, 0.15) is 23.5 Å². The Morgan fingerprint density at radius 2 is 1.97 bits per heavy atom. The zero-order valence-corrected chi connectivity index (χ0v) is 19.6. The molecular formula is C25H24FN5O5. The summed E-state index contributed by atoms with van der Waals surface area (Å²) in [5.41, 5.74) is 0.761. The van der Waals surface area contributed by atoms with E-state index in [1.165, 1.54) is 35.4 Å². The van der Waals surface area contributed by atoms with Gasteiger partial charge in [-0.15, -0.1) is 0 Å². The van der Waals surface area contributed by atoms with Crippen molar-refractivity contribution >= 4 is 17.5 Å². The van der Waals surface area contributed by atoms with Crippen LogP contribution in [0.2, 0.25) is 0 Å². The molecule has 0 saturated carbocycles. The van der Waals surface area contributed by atoms with Gasteiger partial charge in [0.25, 0.3) is 11.5 Å². The molecule has 0 spiro atoms. The standard InChI is InChI=1S/C25H24FN5O5/c1-15-6-7-18(31-25(36)30(8-9-32)23(34)13-27-31)11-21(15)28-24(35)20-14-29(2)22(33)12-19(20)16-4-3-5-17(26)10-16/h3-7,10-11,13-14,19,32H,8-9,12H2,1-2H3,(H,28,35)/t19-/m0/s1. The molecular weight excluding hydrogens is 469 g/mol. The normalized spacial score (nSPS) is 15.6. The number of halogens is 1. The van der Waals surface area contributed by atoms with Crippen molar-refractivity contribution in [2.24, 2.45) is 0 Å². The second-order valence-electron chi connectivity index (χ2n) is 8.41. The van der Waals surface area contributed by atoms with E-state index in [1.54, 1.807) is 32.2 Å². The minimum atomic E-state index is -0.737. The Hall–Kier alpha value is -4.38. The first kappa shape index (κ1) is 24.7. The molecule has 0 radical (unpaired) electrons. The van der Waals surface area contributed by atoms with Crippen LogP contribution in [0.15, 0.2) is 70.0 Å². The number of aryl methyl sites for hydroxylation is 1. The Morgan fingerprint density at radius 3 is 2.69 bits per heavy atom. The second kappa shape index (κ2) is 10.1. The Morgan fingerprint density at radius 1 is 1.19 bits per heavy atom. The molecule has 0 bridgehead atoms. The molecule has 2 aromatic carbocycles. The number of aliphatic hydroxyl groups excluding tert-OH is 1. The largest absolute Gasteiger partial charge is 0.395 e. The molecule has 1 aliphatic heterocycles. The van der Waals surface area contributed by atoms with Crippen LogP contribution in [-0.4, -0.2) is 49.8 Å². The lowest BCUT2D eigenvalue weighted by Gasteiger charge is -2.28. The van der Waals surface area contributed by atoms with Crippen molar-refractivity contribution in [3.8, 4) is 5.69 Å². The van der Waals surface area contributed by atoms with Gasteiger partial charge >= 0.3 is 5.69 Å². The molecule has 11 heteroatoms. The van der Waals surface area contributed by atoms with Crippen molar-refractivity contribution < 1.29 is 19.1 Å². The van der Waals surface area contributed by atoms with Crippen molar-refractivity contribution in [3.63, 3.8) is 0 Å². The van der Waals surface area contributed by atoms with Gasteiger partial charge in [-0.05, 0) is 42.3 Å². The number of benzene rings is 2. The lowest BCUT2D eigenvalue weighted by Crippen LogP contribution is -2.40. The van der Waals surface area contributed by atoms with Crippen molar-refractivity contribution in [2.45, 2.75) is 25.8 Å². The molecule has 2 heterocycles. The molecule has 2 N–H and O–H groups in total. The first-order chi connectivity index (χ1) is 17.2. The van der Waals surface area contributed by atoms with Crippen LogP contribution >= 0.6 is 0 Å². The monoisotopic (exact) mass is 493 g/mol. The molecule has 1 atom stereocenters. The summed E-state index contributed by atoms with van der Waals surface area (Å²) >= 11 is 0. The molecule has 0 aliphatic carbocycles. The molecule has 0 saturated heterocycles. The minimum Gasteiger partial charge on any atom is -0.395 e. The average Bonchev–Trinajstić information content (AvgIpc) is 2.84. The van der Waals surface area contributed by atoms with Crippen molar-refractivity contribution in [3.05, 3.63) is 98.2 Å². The number of carbonyl (C=O) groups is 2. The number of amides is 2. The molecule has 4 rings (SSSR count). The highest BCUT2D eigenvalue weighted by Gasteiger charge is 2.31. The Balaban J connectivity index is 1.69. The van der Waals surface area contributed by atoms with Crippen molar-refractivity contribution in [1.29, 1.82) is 0 Å². The summed E-state index contributed by atoms with van der Waals surface area (Å²) in [6.45, 7) is 1.18. The van der Waals surface area contributed by atoms with Crippen LogP contribution < -0.4 is 16.6 Å². The maximum atomic E-state index is 13.9. The highest BCUT2D eigenvalue weighted by molar-refractivity contribution is 6.06. The van der Waals surface area contributed by atoms with Gasteiger partial charge in [-0.1, -0.05) is 18.2 Å². The van der Waals surface area contributed by atoms with Gasteiger partial charge < -0.3 is 15.3 Å². The molecule has 3 aromatic rings. The Labute approximate surface area is 204 Å². The molecule has 1 aromatic heterocycles. The Bertz CT molecular complexity index is 1490. The zero-order valence-electron chi connectivity index (χ0n) is 19.6. The quantitative estimate of drug-likeness (QED) is 0.533. The number of hydrogen-bond acceptors (Lipinski definition) is 6. The molecule has 36 heavy (non-hydrogen) atoms. The second-order valence-corrected chi connectivity index (χ2v) is 8.41. The van der Waals surface area contributed by atoms with E-state index in [0.717, 1.165) is 15.4 Å². The van der Waals surface area contributed by atoms with Crippen molar-refractivity contribution in [2.75, 3.05) is 19.0 Å². The number of nitrogens with one attached hydrogen (secondary N) is 1. The zero-order chi connectivity index (χ0) is 26.0. The van der Waals surface area contributed by atoms with Gasteiger partial charge in [0.15, 0.2) is 0 Å². The van der Waals surface area contributed by atoms with Crippen LogP contribution in [0.5, 0.6) is 0 Å². The number of aliphatic hydroxyl groups is 1. The summed E-state index contributed by atoms with van der Waals surface area (Å²) in [5.74, 6) is -1.81. The van der Waals surface area contributed by atoms with Crippen LogP contribution in [0.3, 0.4) is 0 Å². The summed E-state index contributed by atoms with van der Waals surface area (Å²) in [7, 11) is 1.54. The van der Waals surface area contributed by atoms with Crippen molar-refractivity contribution in [1.82, 2.24) is 19.2 Å². The predicted octanol–water partition coefficient (Wildman–Crippen LogP) is 1.30. The van der Waals surface area contributed by atoms with E-state index in [9.17, 15) is 23.6 Å². The van der Waals surface area contributed by atoms with Gasteiger partial charge in [-0.25, -0.2) is 9.18 Å². The van der Waals surface area contributed by atoms with E-state index in [2.05, 4.69) is 10.4 Å². The topological polar surface area (TPSA) is 127 Å². The van der Waals surface area contributed by atoms with Gasteiger partial charge in [-0.2, -0.15) is 9.78 Å². The smallest absolute Gasteiger partial charge is 0.352 e. The summed E-state index contributed by atoms with van der Waals surface area (Å²) in [6, 6.07) is 10.6. The first-order valence-electron chi connectivity index (χ1n) is 11.1. The summed E-state index contributed by atoms with van der Waals surface area (Å²) in [4.78, 5) is 51.7. The maximum Gasteiger partial charge on any atom is 0.352 e. The SMILES string of the molecule is Cc1ccc(-n2ncc(=O)n(CCO)c2=O)cc1NC(=O)C1=CN(C)C(=O)C[C@H]1c1cccc(F)c1. The first-order valence-corrected chi connectivity index (χ1v) is 11.1. The average molecular weight is 493 g/mol. The minimum absolute atomic E-state index is 0.00391. The number of carbonyl (C=O) groups excluding carboxylic acids is 2. The van der Waals surface area contributed by atoms with E-state index in [0.29, 0.717) is 22.5 Å². The number of anilines is 1. The highest BCUT2D eigenvalue weighted by atomic mass is 19.1. The lowest BCUT2D eigenvalue weighted by atomic mass is 9.85. The summed E-state index contributed by atoms with van der Waals surface area (Å²) in [5, 5.41) is 15.9. The van der Waals surface area contributed by atoms with E-state index in [1.807, 2.05) is 0 Å². The molecule has 0 unspecified atom stereocenters. The maximum absolute atomic E-state index is 13.9. The van der Waals surface area contributed by atoms with E-state index in [4.69, 9.17) is 5.11 Å². The van der Waals surface area contributed by atoms with Crippen LogP contribution in [0, 0.1) is 12.7 Å². The molecule has 1 aliphatic rings. The third-order valence-corrected chi connectivity index (χ3v) is 5.99. The molecule has 186 valence electrons. The van der Waals surface area contributed by atoms with Gasteiger partial charge in [0, 0.05) is 36.8 Å². The van der Waals surface area contributed by atoms with Gasteiger partial charge in [0.05, 0.1) is 18.8 Å². The molecule has 0 fully saturated rings. The summed E-state index contributed by atoms with van der Waals surface area (Å²) < 4.78 is 15.7. The highest BCUT2D eigenvalue weighted by Crippen LogP contribution is 2.33. The predicted molar refractivity (Wildman–Crippen MR) is 129 cm³/mol. The van der Waals surface area contributed by atoms with E-state index < -0.39 is 35.5 Å². The van der Waals surface area contributed by atoms with Crippen LogP contribution in [0.25, 0.3) is 5.69 Å². The molecule has 10 nitrogen and oxygen atoms in total. The fraction of sp³-hybridized carbons (Fsp3) is 0.240. The number of nitrogens with zero attached hydrogens (tertiary/aromatic N) is 4. The van der Waals surface area contributed by atoms with Crippen LogP contribution in [-0.2, 0) is 16.1 Å². The van der Waals surface area contributed by atoms with E-state index >= 15 is 0 Å². The number of hydrogen-bond donors (Lipinski definition) is 2. The van der Waals surface area contributed by atoms with Gasteiger partial charge in [-0.3, -0.25) is 19.0 Å². The summed E-state index contributed by atoms with van der Waals surface area (Å²) in [6.07, 6.45) is 2.41. The third-order valence-electron chi connectivity index (χ3n) is 5.99. The Kier molecular flexibility index (Phi) is 6.93. The lowest BCUT2D eigenvalue weighted by molar-refractivity contribution is -0.128. The number of aromatic nitrogens is 3. The van der Waals surface area contributed by atoms with E-state index in [-0.39, 0.29) is 24.4 Å². The number of rotatable bonds is 6. The molecule has 2 amide bonds. The third kappa shape index (κ3) is 4.86. The van der Waals surface area contributed by atoms with Gasteiger partial charge in [0.2, 0.25) is 5.91 Å². The van der Waals surface area contributed by atoms with Crippen LogP contribution in [0.4, 0.5) is 10.1 Å². The fourth-order valence-corrected chi connectivity index (χ4v) is 4.03.